The molecule has 0 fully saturated rings. The minimum absolute atomic E-state index is 0.0688. The summed E-state index contributed by atoms with van der Waals surface area (Å²) in [6.07, 6.45) is 20.6. The van der Waals surface area contributed by atoms with Crippen LogP contribution in [0.25, 0.3) is 0 Å². The monoisotopic (exact) mass is 426 g/mol. The number of alkyl halides is 1. The molecule has 0 aromatic heterocycles. The zero-order valence-corrected chi connectivity index (χ0v) is 18.2. The van der Waals surface area contributed by atoms with E-state index in [9.17, 15) is 9.59 Å². The van der Waals surface area contributed by atoms with Crippen molar-refractivity contribution >= 4 is 27.7 Å². The molecule has 0 bridgehead atoms. The van der Waals surface area contributed by atoms with Crippen LogP contribution >= 0.6 is 15.9 Å². The number of carbonyl (C=O) groups excluding carboxylic acids is 2. The molecule has 0 rings (SSSR count). The number of esters is 1. The minimum Gasteiger partial charge on any atom is -0.460 e. The second-order valence-corrected chi connectivity index (χ2v) is 8.06. The molecule has 0 atom stereocenters. The molecule has 0 aliphatic carbocycles. The lowest BCUT2D eigenvalue weighted by atomic mass is 10.1. The van der Waals surface area contributed by atoms with E-state index in [0.29, 0.717) is 12.8 Å². The van der Waals surface area contributed by atoms with Crippen LogP contribution in [-0.2, 0) is 14.3 Å². The predicted octanol–water partition coefficient (Wildman–Crippen LogP) is 6.47. The van der Waals surface area contributed by atoms with Crippen LogP contribution in [0.15, 0.2) is 36.5 Å². The van der Waals surface area contributed by atoms with Gasteiger partial charge in [-0.3, -0.25) is 9.59 Å². The minimum atomic E-state index is -0.536. The lowest BCUT2D eigenvalue weighted by molar-refractivity contribution is -0.156. The summed E-state index contributed by atoms with van der Waals surface area (Å²) >= 11 is 3.44. The number of ketones is 1. The molecule has 26 heavy (non-hydrogen) atoms. The Hall–Kier alpha value is -1.16. The van der Waals surface area contributed by atoms with Crippen LogP contribution in [0.4, 0.5) is 0 Å². The molecule has 0 unspecified atom stereocenters. The van der Waals surface area contributed by atoms with Crippen LogP contribution in [0.3, 0.4) is 0 Å². The van der Waals surface area contributed by atoms with Crippen molar-refractivity contribution < 1.29 is 14.3 Å². The van der Waals surface area contributed by atoms with Crippen molar-refractivity contribution in [2.75, 3.05) is 5.33 Å². The molecule has 0 saturated heterocycles. The first-order valence-electron chi connectivity index (χ1n) is 9.59. The standard InChI is InChI=1S/C22H35BrO3/c1-22(2,3)26-21(25)19-20(24)17-15-13-11-9-7-5-4-6-8-10-12-14-16-18-23/h5-8,11,13H,4,9-10,12,14-19H2,1-3H3/b7-5+,8-6+,13-11+. The number of Topliss-reactive ketones (excluding diaryl/α,β-unsaturated/α-hetero) is 1. The normalized spacial score (nSPS) is 12.5. The van der Waals surface area contributed by atoms with Gasteiger partial charge in [0.05, 0.1) is 0 Å². The highest BCUT2D eigenvalue weighted by Gasteiger charge is 2.18. The first-order valence-corrected chi connectivity index (χ1v) is 10.7. The van der Waals surface area contributed by atoms with Crippen LogP contribution in [0, 0.1) is 0 Å². The molecule has 0 amide bonds. The van der Waals surface area contributed by atoms with Gasteiger partial charge in [-0.05, 0) is 59.3 Å². The molecular weight excluding hydrogens is 392 g/mol. The lowest BCUT2D eigenvalue weighted by Crippen LogP contribution is -2.25. The van der Waals surface area contributed by atoms with E-state index >= 15 is 0 Å². The summed E-state index contributed by atoms with van der Waals surface area (Å²) in [5.74, 6) is -0.508. The van der Waals surface area contributed by atoms with E-state index in [2.05, 4.69) is 46.3 Å². The van der Waals surface area contributed by atoms with Crippen LogP contribution in [0.5, 0.6) is 0 Å². The first-order chi connectivity index (χ1) is 12.3. The molecule has 0 N–H and O–H groups in total. The number of carbonyl (C=O) groups is 2. The first kappa shape index (κ1) is 24.8. The smallest absolute Gasteiger partial charge is 0.313 e. The van der Waals surface area contributed by atoms with Crippen molar-refractivity contribution in [3.8, 4) is 0 Å². The quantitative estimate of drug-likeness (QED) is 0.105. The second-order valence-electron chi connectivity index (χ2n) is 7.26. The topological polar surface area (TPSA) is 43.4 Å². The molecule has 3 nitrogen and oxygen atoms in total. The van der Waals surface area contributed by atoms with Gasteiger partial charge in [0.15, 0.2) is 0 Å². The Balaban J connectivity index is 3.64. The SMILES string of the molecule is CC(C)(C)OC(=O)CC(=O)CC/C=C/C/C=C/C/C=C/CCCCCBr. The van der Waals surface area contributed by atoms with Gasteiger partial charge in [0.1, 0.15) is 17.8 Å². The van der Waals surface area contributed by atoms with Gasteiger partial charge in [-0.1, -0.05) is 58.8 Å². The summed E-state index contributed by atoms with van der Waals surface area (Å²) in [4.78, 5) is 23.2. The van der Waals surface area contributed by atoms with E-state index in [1.807, 2.05) is 6.08 Å². The molecule has 0 saturated carbocycles. The fourth-order valence-electron chi connectivity index (χ4n) is 2.18. The number of unbranched alkanes of at least 4 members (excludes halogenated alkanes) is 3. The summed E-state index contributed by atoms with van der Waals surface area (Å²) in [7, 11) is 0. The maximum absolute atomic E-state index is 11.7. The third-order valence-electron chi connectivity index (χ3n) is 3.40. The number of hydrogen-bond acceptors (Lipinski definition) is 3. The van der Waals surface area contributed by atoms with E-state index in [4.69, 9.17) is 4.74 Å². The molecule has 0 aromatic carbocycles. The molecule has 0 aliphatic rings. The molecular formula is C22H35BrO3. The molecule has 0 radical (unpaired) electrons. The van der Waals surface area contributed by atoms with E-state index in [-0.39, 0.29) is 12.2 Å². The average molecular weight is 427 g/mol. The van der Waals surface area contributed by atoms with Crippen molar-refractivity contribution in [3.05, 3.63) is 36.5 Å². The van der Waals surface area contributed by atoms with Gasteiger partial charge in [-0.2, -0.15) is 0 Å². The summed E-state index contributed by atoms with van der Waals surface area (Å²) in [6, 6.07) is 0. The average Bonchev–Trinajstić information content (AvgIpc) is 2.53. The summed E-state index contributed by atoms with van der Waals surface area (Å²) in [5.41, 5.74) is -0.536. The fraction of sp³-hybridized carbons (Fsp3) is 0.636. The van der Waals surface area contributed by atoms with Gasteiger partial charge in [-0.25, -0.2) is 0 Å². The summed E-state index contributed by atoms with van der Waals surface area (Å²) < 4.78 is 5.14. The van der Waals surface area contributed by atoms with E-state index in [1.54, 1.807) is 20.8 Å². The Labute approximate surface area is 168 Å². The number of hydrogen-bond donors (Lipinski definition) is 0. The van der Waals surface area contributed by atoms with Crippen LogP contribution in [-0.4, -0.2) is 22.7 Å². The van der Waals surface area contributed by atoms with Crippen LogP contribution in [0.2, 0.25) is 0 Å². The largest absolute Gasteiger partial charge is 0.460 e. The zero-order chi connectivity index (χ0) is 19.7. The number of halogens is 1. The fourth-order valence-corrected chi connectivity index (χ4v) is 2.58. The molecule has 0 heterocycles. The Morgan fingerprint density at radius 2 is 1.42 bits per heavy atom. The van der Waals surface area contributed by atoms with Gasteiger partial charge < -0.3 is 4.74 Å². The Bertz CT molecular complexity index is 470. The van der Waals surface area contributed by atoms with Gasteiger partial charge in [0.2, 0.25) is 0 Å². The lowest BCUT2D eigenvalue weighted by Gasteiger charge is -2.19. The summed E-state index contributed by atoms with van der Waals surface area (Å²) in [6.45, 7) is 5.40. The van der Waals surface area contributed by atoms with Crippen LogP contribution in [0.1, 0.15) is 78.6 Å². The second kappa shape index (κ2) is 16.0. The van der Waals surface area contributed by atoms with Crippen molar-refractivity contribution in [3.63, 3.8) is 0 Å². The summed E-state index contributed by atoms with van der Waals surface area (Å²) in [5, 5.41) is 1.10. The molecule has 0 aliphatic heterocycles. The number of ether oxygens (including phenoxy) is 1. The van der Waals surface area contributed by atoms with Crippen molar-refractivity contribution in [2.45, 2.75) is 84.2 Å². The Morgan fingerprint density at radius 1 is 0.846 bits per heavy atom. The third-order valence-corrected chi connectivity index (χ3v) is 3.96. The van der Waals surface area contributed by atoms with Gasteiger partial charge in [0, 0.05) is 11.8 Å². The van der Waals surface area contributed by atoms with E-state index in [0.717, 1.165) is 24.6 Å². The Morgan fingerprint density at radius 3 is 2.00 bits per heavy atom. The third kappa shape index (κ3) is 19.2. The van der Waals surface area contributed by atoms with Gasteiger partial charge in [-0.15, -0.1) is 0 Å². The van der Waals surface area contributed by atoms with Crippen molar-refractivity contribution in [1.29, 1.82) is 0 Å². The highest BCUT2D eigenvalue weighted by atomic mass is 79.9. The predicted molar refractivity (Wildman–Crippen MR) is 114 cm³/mol. The zero-order valence-electron chi connectivity index (χ0n) is 16.6. The Kier molecular flexibility index (Phi) is 15.3. The highest BCUT2D eigenvalue weighted by Crippen LogP contribution is 2.09. The van der Waals surface area contributed by atoms with E-state index in [1.165, 1.54) is 19.3 Å². The highest BCUT2D eigenvalue weighted by molar-refractivity contribution is 9.09. The molecule has 0 spiro atoms. The van der Waals surface area contributed by atoms with Crippen molar-refractivity contribution in [2.24, 2.45) is 0 Å². The van der Waals surface area contributed by atoms with Crippen molar-refractivity contribution in [1.82, 2.24) is 0 Å². The number of rotatable bonds is 14. The molecule has 4 heteroatoms. The maximum atomic E-state index is 11.7. The maximum Gasteiger partial charge on any atom is 0.313 e. The van der Waals surface area contributed by atoms with Crippen LogP contribution < -0.4 is 0 Å². The van der Waals surface area contributed by atoms with Gasteiger partial charge >= 0.3 is 5.97 Å². The number of allylic oxidation sites excluding steroid dienone is 6. The molecule has 148 valence electrons. The molecule has 0 aromatic rings. The van der Waals surface area contributed by atoms with E-state index < -0.39 is 11.6 Å². The van der Waals surface area contributed by atoms with Gasteiger partial charge in [0.25, 0.3) is 0 Å².